The molecule has 3 heterocycles. The van der Waals surface area contributed by atoms with Gasteiger partial charge in [-0.05, 0) is 61.6 Å². The second-order valence-corrected chi connectivity index (χ2v) is 9.88. The summed E-state index contributed by atoms with van der Waals surface area (Å²) in [7, 11) is 0. The maximum atomic E-state index is 13.8. The Morgan fingerprint density at radius 3 is 2.50 bits per heavy atom. The summed E-state index contributed by atoms with van der Waals surface area (Å²) in [6.07, 6.45) is 4.39. The average molecular weight is 502 g/mol. The molecule has 0 saturated heterocycles. The Labute approximate surface area is 220 Å². The topological polar surface area (TPSA) is 96.9 Å². The van der Waals surface area contributed by atoms with Crippen molar-refractivity contribution in [1.29, 1.82) is 0 Å². The molecule has 0 radical (unpaired) electrons. The Morgan fingerprint density at radius 1 is 0.947 bits per heavy atom. The van der Waals surface area contributed by atoms with Gasteiger partial charge in [0.15, 0.2) is 5.78 Å². The van der Waals surface area contributed by atoms with Crippen molar-refractivity contribution in [3.8, 4) is 0 Å². The zero-order chi connectivity index (χ0) is 26.2. The van der Waals surface area contributed by atoms with Crippen molar-refractivity contribution in [3.63, 3.8) is 0 Å². The molecule has 0 saturated carbocycles. The summed E-state index contributed by atoms with van der Waals surface area (Å²) in [5.41, 5.74) is 6.74. The van der Waals surface area contributed by atoms with Crippen LogP contribution in [0.5, 0.6) is 0 Å². The van der Waals surface area contributed by atoms with Gasteiger partial charge in [-0.3, -0.25) is 14.6 Å². The maximum absolute atomic E-state index is 13.8. The van der Waals surface area contributed by atoms with Crippen molar-refractivity contribution in [2.24, 2.45) is 0 Å². The van der Waals surface area contributed by atoms with Crippen molar-refractivity contribution in [2.45, 2.75) is 38.5 Å². The van der Waals surface area contributed by atoms with Crippen LogP contribution in [-0.4, -0.2) is 26.6 Å². The van der Waals surface area contributed by atoms with E-state index >= 15 is 0 Å². The van der Waals surface area contributed by atoms with Gasteiger partial charge in [0.1, 0.15) is 5.82 Å². The van der Waals surface area contributed by atoms with Crippen molar-refractivity contribution in [1.82, 2.24) is 20.3 Å². The highest BCUT2D eigenvalue weighted by molar-refractivity contribution is 6.09. The largest absolute Gasteiger partial charge is 0.362 e. The predicted octanol–water partition coefficient (Wildman–Crippen LogP) is 5.33. The Bertz CT molecular complexity index is 1640. The highest BCUT2D eigenvalue weighted by atomic mass is 16.2. The van der Waals surface area contributed by atoms with Gasteiger partial charge in [0.25, 0.3) is 5.91 Å². The number of hydrogen-bond donors (Lipinski definition) is 2. The highest BCUT2D eigenvalue weighted by Gasteiger charge is 2.41. The number of nitrogens with zero attached hydrogens (tertiary/aromatic N) is 3. The molecular formula is C31H27N5O2. The predicted molar refractivity (Wildman–Crippen MR) is 146 cm³/mol. The van der Waals surface area contributed by atoms with E-state index in [1.54, 1.807) is 12.4 Å². The van der Waals surface area contributed by atoms with E-state index in [9.17, 15) is 9.59 Å². The number of benzene rings is 2. The van der Waals surface area contributed by atoms with Crippen LogP contribution in [0.3, 0.4) is 0 Å². The van der Waals surface area contributed by atoms with Crippen LogP contribution in [0, 0.1) is 6.92 Å². The molecule has 2 aliphatic rings. The molecule has 1 aliphatic heterocycles. The van der Waals surface area contributed by atoms with Gasteiger partial charge in [0.05, 0.1) is 28.8 Å². The fourth-order valence-electron chi connectivity index (χ4n) is 5.50. The number of amides is 1. The third-order valence-electron chi connectivity index (χ3n) is 7.26. The number of carbonyl (C=O) groups is 2. The van der Waals surface area contributed by atoms with Crippen molar-refractivity contribution < 1.29 is 9.59 Å². The molecule has 38 heavy (non-hydrogen) atoms. The molecule has 1 amide bonds. The first-order valence-corrected chi connectivity index (χ1v) is 12.7. The fourth-order valence-corrected chi connectivity index (χ4v) is 5.50. The van der Waals surface area contributed by atoms with Gasteiger partial charge in [-0.25, -0.2) is 9.97 Å². The Morgan fingerprint density at radius 2 is 1.71 bits per heavy atom. The fraction of sp³-hybridized carbons (Fsp3) is 0.194. The monoisotopic (exact) mass is 501 g/mol. The van der Waals surface area contributed by atoms with Crippen molar-refractivity contribution in [2.75, 3.05) is 5.32 Å². The van der Waals surface area contributed by atoms with Crippen LogP contribution in [0.1, 0.15) is 48.4 Å². The lowest BCUT2D eigenvalue weighted by Gasteiger charge is -2.36. The van der Waals surface area contributed by atoms with Crippen molar-refractivity contribution >= 4 is 28.5 Å². The molecule has 2 atom stereocenters. The molecule has 1 aliphatic carbocycles. The molecule has 0 spiro atoms. The third-order valence-corrected chi connectivity index (χ3v) is 7.26. The van der Waals surface area contributed by atoms with Crippen LogP contribution in [0.4, 0.5) is 5.82 Å². The molecule has 2 aromatic heterocycles. The van der Waals surface area contributed by atoms with Gasteiger partial charge >= 0.3 is 0 Å². The molecule has 7 nitrogen and oxygen atoms in total. The number of anilines is 1. The second kappa shape index (κ2) is 9.67. The van der Waals surface area contributed by atoms with Crippen molar-refractivity contribution in [3.05, 3.63) is 118 Å². The maximum Gasteiger partial charge on any atom is 0.255 e. The zero-order valence-corrected chi connectivity index (χ0v) is 21.2. The van der Waals surface area contributed by atoms with E-state index in [2.05, 4.69) is 32.7 Å². The lowest BCUT2D eigenvalue weighted by Crippen LogP contribution is -2.37. The van der Waals surface area contributed by atoms with Gasteiger partial charge in [0.2, 0.25) is 0 Å². The summed E-state index contributed by atoms with van der Waals surface area (Å²) in [5, 5.41) is 6.36. The van der Waals surface area contributed by atoms with Gasteiger partial charge < -0.3 is 10.6 Å². The number of allylic oxidation sites excluding steroid dienone is 3. The molecule has 0 fully saturated rings. The van der Waals surface area contributed by atoms with Gasteiger partial charge in [-0.1, -0.05) is 42.5 Å². The minimum absolute atomic E-state index is 0.0130. The number of pyridine rings is 1. The molecule has 0 bridgehead atoms. The first-order chi connectivity index (χ1) is 18.5. The average Bonchev–Trinajstić information content (AvgIpc) is 2.92. The highest BCUT2D eigenvalue weighted by Crippen LogP contribution is 2.45. The number of Topliss-reactive ketones (excluding diaryl/α,β-unsaturated/α-hetero) is 1. The number of fused-ring (bicyclic) bond motifs is 1. The van der Waals surface area contributed by atoms with Gasteiger partial charge in [-0.2, -0.15) is 0 Å². The SMILES string of the molecule is CC1=C(C(=O)Nc2cc(C)ccn2)C(c2cnc3ccccc3n2)C2=C(CC(c3ccccc3)CC2=O)N1. The van der Waals surface area contributed by atoms with Gasteiger partial charge in [-0.15, -0.1) is 0 Å². The zero-order valence-electron chi connectivity index (χ0n) is 21.2. The smallest absolute Gasteiger partial charge is 0.255 e. The minimum Gasteiger partial charge on any atom is -0.362 e. The first-order valence-electron chi connectivity index (χ1n) is 12.7. The number of ketones is 1. The number of para-hydroxylation sites is 2. The van der Waals surface area contributed by atoms with E-state index in [1.807, 2.05) is 68.4 Å². The second-order valence-electron chi connectivity index (χ2n) is 9.88. The number of aryl methyl sites for hydroxylation is 1. The van der Waals surface area contributed by atoms with Crippen LogP contribution in [0.25, 0.3) is 11.0 Å². The quantitative estimate of drug-likeness (QED) is 0.392. The summed E-state index contributed by atoms with van der Waals surface area (Å²) in [6, 6.07) is 21.4. The molecule has 2 unspecified atom stereocenters. The minimum atomic E-state index is -0.641. The number of nitrogens with one attached hydrogen (secondary N) is 2. The number of aromatic nitrogens is 3. The summed E-state index contributed by atoms with van der Waals surface area (Å²) >= 11 is 0. The summed E-state index contributed by atoms with van der Waals surface area (Å²) in [5.74, 6) is -0.426. The lowest BCUT2D eigenvalue weighted by molar-refractivity contribution is -0.116. The Balaban J connectivity index is 1.45. The molecule has 4 aromatic rings. The Kier molecular flexibility index (Phi) is 6.04. The van der Waals surface area contributed by atoms with E-state index in [0.29, 0.717) is 46.7 Å². The van der Waals surface area contributed by atoms with Crippen LogP contribution in [0.15, 0.2) is 102 Å². The van der Waals surface area contributed by atoms with E-state index in [4.69, 9.17) is 4.98 Å². The molecule has 2 aromatic carbocycles. The third kappa shape index (κ3) is 4.36. The van der Waals surface area contributed by atoms with Crippen LogP contribution in [0.2, 0.25) is 0 Å². The number of rotatable bonds is 4. The van der Waals surface area contributed by atoms with Crippen LogP contribution in [-0.2, 0) is 9.59 Å². The van der Waals surface area contributed by atoms with Gasteiger partial charge in [0, 0.05) is 35.2 Å². The van der Waals surface area contributed by atoms with Crippen LogP contribution < -0.4 is 10.6 Å². The molecule has 188 valence electrons. The van der Waals surface area contributed by atoms with E-state index in [1.165, 1.54) is 0 Å². The molecule has 6 rings (SSSR count). The summed E-state index contributed by atoms with van der Waals surface area (Å²) in [4.78, 5) is 41.4. The molecule has 2 N–H and O–H groups in total. The van der Waals surface area contributed by atoms with E-state index < -0.39 is 5.92 Å². The normalized spacial score (nSPS) is 19.3. The summed E-state index contributed by atoms with van der Waals surface area (Å²) < 4.78 is 0. The van der Waals surface area contributed by atoms with Crippen LogP contribution >= 0.6 is 0 Å². The molecular weight excluding hydrogens is 474 g/mol. The number of dihydropyridines is 1. The number of hydrogen-bond acceptors (Lipinski definition) is 6. The first kappa shape index (κ1) is 23.7. The van der Waals surface area contributed by atoms with E-state index in [0.717, 1.165) is 22.3 Å². The standard InChI is InChI=1S/C31H27N5O2/c1-18-12-13-32-27(14-18)36-31(38)28-19(2)34-24-15-21(20-8-4-3-5-9-20)16-26(37)29(24)30(28)25-17-33-22-10-6-7-11-23(22)35-25/h3-14,17,21,30,34H,15-16H2,1-2H3,(H,32,36,38). The van der Waals surface area contributed by atoms with E-state index in [-0.39, 0.29) is 17.6 Å². The summed E-state index contributed by atoms with van der Waals surface area (Å²) in [6.45, 7) is 3.82. The molecule has 7 heteroatoms. The number of carbonyl (C=O) groups excluding carboxylic acids is 2. The Hall–Kier alpha value is -4.65. The lowest BCUT2D eigenvalue weighted by atomic mass is 9.72.